The van der Waals surface area contributed by atoms with Crippen molar-refractivity contribution in [2.24, 2.45) is 0 Å². The zero-order valence-corrected chi connectivity index (χ0v) is 15.6. The first-order valence-electron chi connectivity index (χ1n) is 8.90. The number of benzene rings is 1. The number of hydrogen-bond acceptors (Lipinski definition) is 4. The van der Waals surface area contributed by atoms with Crippen molar-refractivity contribution in [3.63, 3.8) is 0 Å². The van der Waals surface area contributed by atoms with Crippen LogP contribution in [0.25, 0.3) is 0 Å². The maximum absolute atomic E-state index is 13.2. The van der Waals surface area contributed by atoms with Crippen LogP contribution in [0.15, 0.2) is 24.3 Å². The monoisotopic (exact) mass is 364 g/mol. The summed E-state index contributed by atoms with van der Waals surface area (Å²) in [7, 11) is 0. The van der Waals surface area contributed by atoms with Crippen molar-refractivity contribution in [2.75, 3.05) is 26.3 Å². The van der Waals surface area contributed by atoms with E-state index in [2.05, 4.69) is 0 Å². The van der Waals surface area contributed by atoms with Crippen LogP contribution in [-0.4, -0.2) is 63.9 Å². The van der Waals surface area contributed by atoms with Gasteiger partial charge in [-0.1, -0.05) is 12.1 Å². The summed E-state index contributed by atoms with van der Waals surface area (Å²) in [5, 5.41) is 18.6. The molecule has 7 nitrogen and oxygen atoms in total. The lowest BCUT2D eigenvalue weighted by Gasteiger charge is -2.40. The molecule has 0 aliphatic carbocycles. The summed E-state index contributed by atoms with van der Waals surface area (Å²) in [5.41, 5.74) is -0.131. The summed E-state index contributed by atoms with van der Waals surface area (Å²) in [6, 6.07) is 5.91. The number of nitrogens with zero attached hydrogens (tertiary/aromatic N) is 2. The Morgan fingerprint density at radius 1 is 1.19 bits per heavy atom. The molecule has 1 aliphatic rings. The van der Waals surface area contributed by atoms with E-state index < -0.39 is 17.7 Å². The first-order valence-corrected chi connectivity index (χ1v) is 8.90. The molecule has 1 heterocycles. The van der Waals surface area contributed by atoms with Crippen LogP contribution < -0.4 is 4.74 Å². The molecular weight excluding hydrogens is 336 g/mol. The third kappa shape index (κ3) is 4.66. The van der Waals surface area contributed by atoms with E-state index in [9.17, 15) is 14.7 Å². The van der Waals surface area contributed by atoms with Crippen LogP contribution in [-0.2, 0) is 4.79 Å². The Labute approximate surface area is 154 Å². The van der Waals surface area contributed by atoms with E-state index in [1.165, 1.54) is 4.90 Å². The van der Waals surface area contributed by atoms with Crippen LogP contribution in [0.3, 0.4) is 0 Å². The molecule has 2 N–H and O–H groups in total. The predicted octanol–water partition coefficient (Wildman–Crippen LogP) is 2.50. The Hall–Kier alpha value is -2.28. The number of aliphatic hydroxyl groups is 1. The van der Waals surface area contributed by atoms with Gasteiger partial charge in [0.2, 0.25) is 5.91 Å². The van der Waals surface area contributed by atoms with Crippen LogP contribution in [0, 0.1) is 0 Å². The maximum Gasteiger partial charge on any atom is 0.408 e. The first kappa shape index (κ1) is 20.0. The van der Waals surface area contributed by atoms with Crippen molar-refractivity contribution < 1.29 is 24.5 Å². The van der Waals surface area contributed by atoms with Gasteiger partial charge < -0.3 is 19.8 Å². The largest absolute Gasteiger partial charge is 0.491 e. The lowest BCUT2D eigenvalue weighted by atomic mass is 9.97. The van der Waals surface area contributed by atoms with E-state index in [0.717, 1.165) is 12.8 Å². The second-order valence-electron chi connectivity index (χ2n) is 7.40. The number of carbonyl (C=O) groups excluding carboxylic acids is 1. The minimum absolute atomic E-state index is 0.0887. The van der Waals surface area contributed by atoms with Gasteiger partial charge in [0, 0.05) is 18.6 Å². The van der Waals surface area contributed by atoms with Crippen LogP contribution in [0.4, 0.5) is 4.79 Å². The van der Waals surface area contributed by atoms with Gasteiger partial charge >= 0.3 is 6.09 Å². The molecule has 2 amide bonds. The fourth-order valence-electron chi connectivity index (χ4n) is 3.21. The molecule has 2 rings (SSSR count). The highest BCUT2D eigenvalue weighted by atomic mass is 16.5. The molecule has 1 aromatic rings. The van der Waals surface area contributed by atoms with Crippen molar-refractivity contribution in [3.05, 3.63) is 29.8 Å². The first-order chi connectivity index (χ1) is 12.3. The number of carboxylic acid groups (broad SMARTS) is 1. The van der Waals surface area contributed by atoms with Gasteiger partial charge in [-0.25, -0.2) is 4.79 Å². The molecule has 0 spiro atoms. The van der Waals surface area contributed by atoms with E-state index >= 15 is 0 Å². The van der Waals surface area contributed by atoms with Crippen LogP contribution in [0.5, 0.6) is 5.75 Å². The molecule has 1 saturated heterocycles. The topological polar surface area (TPSA) is 90.3 Å². The normalized spacial score (nSPS) is 15.6. The number of hydrogen-bond donors (Lipinski definition) is 2. The molecule has 1 aliphatic heterocycles. The Morgan fingerprint density at radius 2 is 1.77 bits per heavy atom. The highest BCUT2D eigenvalue weighted by Gasteiger charge is 2.40. The number of aliphatic hydroxyl groups excluding tert-OH is 1. The van der Waals surface area contributed by atoms with Gasteiger partial charge in [-0.05, 0) is 51.3 Å². The molecule has 26 heavy (non-hydrogen) atoms. The fraction of sp³-hybridized carbons (Fsp3) is 0.579. The highest BCUT2D eigenvalue weighted by molar-refractivity contribution is 5.87. The van der Waals surface area contributed by atoms with Crippen molar-refractivity contribution in [2.45, 2.75) is 45.2 Å². The summed E-state index contributed by atoms with van der Waals surface area (Å²) < 4.78 is 5.35. The van der Waals surface area contributed by atoms with Gasteiger partial charge in [0.15, 0.2) is 0 Å². The summed E-state index contributed by atoms with van der Waals surface area (Å²) in [6.45, 7) is 6.75. The Morgan fingerprint density at radius 3 is 2.23 bits per heavy atom. The zero-order valence-electron chi connectivity index (χ0n) is 15.6. The van der Waals surface area contributed by atoms with E-state index in [1.54, 1.807) is 49.9 Å². The second kappa shape index (κ2) is 8.40. The van der Waals surface area contributed by atoms with Gasteiger partial charge in [0.25, 0.3) is 0 Å². The minimum Gasteiger partial charge on any atom is -0.491 e. The van der Waals surface area contributed by atoms with Crippen molar-refractivity contribution in [3.8, 4) is 5.75 Å². The summed E-state index contributed by atoms with van der Waals surface area (Å²) in [4.78, 5) is 28.1. The molecule has 0 bridgehead atoms. The molecule has 144 valence electrons. The number of rotatable bonds is 6. The van der Waals surface area contributed by atoms with Crippen molar-refractivity contribution >= 4 is 12.0 Å². The number of ether oxygens (including phenoxy) is 1. The zero-order chi connectivity index (χ0) is 19.3. The summed E-state index contributed by atoms with van der Waals surface area (Å²) >= 11 is 0. The SMILES string of the molecule is CC(C)(C)N(C(=O)O)[C@H](C(=O)N1CCCC1)c1ccc(OCCO)cc1. The van der Waals surface area contributed by atoms with Crippen LogP contribution in [0.2, 0.25) is 0 Å². The predicted molar refractivity (Wildman–Crippen MR) is 97.2 cm³/mol. The Bertz CT molecular complexity index is 618. The molecule has 0 unspecified atom stereocenters. The standard InChI is InChI=1S/C19H28N2O5/c1-19(2,3)21(18(24)25)16(17(23)20-10-4-5-11-20)14-6-8-15(9-7-14)26-13-12-22/h6-9,16,22H,4-5,10-13H2,1-3H3,(H,24,25)/t16-/m0/s1. The minimum atomic E-state index is -1.13. The quantitative estimate of drug-likeness (QED) is 0.809. The average Bonchev–Trinajstić information content (AvgIpc) is 3.11. The lowest BCUT2D eigenvalue weighted by molar-refractivity contribution is -0.137. The molecule has 1 aromatic carbocycles. The van der Waals surface area contributed by atoms with Crippen molar-refractivity contribution in [1.29, 1.82) is 0 Å². The maximum atomic E-state index is 13.2. The van der Waals surface area contributed by atoms with Gasteiger partial charge in [-0.15, -0.1) is 0 Å². The molecule has 1 fully saturated rings. The van der Waals surface area contributed by atoms with E-state index in [1.807, 2.05) is 0 Å². The molecular formula is C19H28N2O5. The van der Waals surface area contributed by atoms with Gasteiger partial charge in [0.1, 0.15) is 18.4 Å². The molecule has 0 aromatic heterocycles. The summed E-state index contributed by atoms with van der Waals surface area (Å²) in [5.74, 6) is 0.372. The van der Waals surface area contributed by atoms with Crippen molar-refractivity contribution in [1.82, 2.24) is 9.80 Å². The Kier molecular flexibility index (Phi) is 6.47. The third-order valence-electron chi connectivity index (χ3n) is 4.39. The highest BCUT2D eigenvalue weighted by Crippen LogP contribution is 2.32. The molecule has 0 saturated carbocycles. The van der Waals surface area contributed by atoms with Gasteiger partial charge in [0.05, 0.1) is 6.61 Å². The number of amides is 2. The molecule has 0 radical (unpaired) electrons. The van der Waals surface area contributed by atoms with Crippen LogP contribution in [0.1, 0.15) is 45.2 Å². The van der Waals surface area contributed by atoms with E-state index in [-0.39, 0.29) is 19.1 Å². The number of likely N-dealkylation sites (tertiary alicyclic amines) is 1. The average molecular weight is 364 g/mol. The molecule has 1 atom stereocenters. The lowest BCUT2D eigenvalue weighted by Crippen LogP contribution is -2.52. The molecule has 7 heteroatoms. The van der Waals surface area contributed by atoms with Gasteiger partial charge in [-0.3, -0.25) is 9.69 Å². The fourth-order valence-corrected chi connectivity index (χ4v) is 3.21. The Balaban J connectivity index is 2.39. The van der Waals surface area contributed by atoms with Crippen LogP contribution >= 0.6 is 0 Å². The van der Waals surface area contributed by atoms with Gasteiger partial charge in [-0.2, -0.15) is 0 Å². The third-order valence-corrected chi connectivity index (χ3v) is 4.39. The summed E-state index contributed by atoms with van der Waals surface area (Å²) in [6.07, 6.45) is 0.750. The number of carbonyl (C=O) groups is 2. The van der Waals surface area contributed by atoms with E-state index in [4.69, 9.17) is 9.84 Å². The van der Waals surface area contributed by atoms with E-state index in [0.29, 0.717) is 24.4 Å². The smallest absolute Gasteiger partial charge is 0.408 e. The second-order valence-corrected chi connectivity index (χ2v) is 7.40.